The molecule has 0 bridgehead atoms. The fourth-order valence-corrected chi connectivity index (χ4v) is 3.11. The van der Waals surface area contributed by atoms with Gasteiger partial charge in [0.15, 0.2) is 0 Å². The highest BCUT2D eigenvalue weighted by atomic mass is 19.4. The first-order valence-electron chi connectivity index (χ1n) is 9.12. The van der Waals surface area contributed by atoms with Gasteiger partial charge in [-0.05, 0) is 37.1 Å². The largest absolute Gasteiger partial charge is 0.408 e. The van der Waals surface area contributed by atoms with Gasteiger partial charge in [0.1, 0.15) is 6.54 Å². The summed E-state index contributed by atoms with van der Waals surface area (Å²) in [4.78, 5) is 26.6. The summed E-state index contributed by atoms with van der Waals surface area (Å²) in [5, 5.41) is 6.14. The summed E-state index contributed by atoms with van der Waals surface area (Å²) in [6.45, 7) is 0.242. The van der Waals surface area contributed by atoms with Gasteiger partial charge >= 0.3 is 6.18 Å². The third-order valence-electron chi connectivity index (χ3n) is 4.52. The van der Waals surface area contributed by atoms with Gasteiger partial charge in [0.25, 0.3) is 11.8 Å². The van der Waals surface area contributed by atoms with Crippen LogP contribution in [-0.2, 0) is 6.54 Å². The molecule has 1 aromatic heterocycles. The standard InChI is InChI=1S/C19H21F3N4O2/c20-19(21,22)13-26-12-15(11-23-26)17(27)24-16-7-5-14(6-8-16)18(28)25-9-3-1-2-4-10-25/h5-8,11-12H,1-4,9-10,13H2,(H,24,27). The van der Waals surface area contributed by atoms with Crippen LogP contribution in [0.2, 0.25) is 0 Å². The fourth-order valence-electron chi connectivity index (χ4n) is 3.11. The average molecular weight is 394 g/mol. The maximum absolute atomic E-state index is 12.6. The topological polar surface area (TPSA) is 67.2 Å². The molecule has 9 heteroatoms. The molecule has 28 heavy (non-hydrogen) atoms. The lowest BCUT2D eigenvalue weighted by Crippen LogP contribution is -2.31. The van der Waals surface area contributed by atoms with E-state index in [1.807, 2.05) is 4.90 Å². The van der Waals surface area contributed by atoms with E-state index in [1.54, 1.807) is 24.3 Å². The number of amides is 2. The van der Waals surface area contributed by atoms with E-state index in [0.29, 0.717) is 15.9 Å². The van der Waals surface area contributed by atoms with Crippen LogP contribution in [0, 0.1) is 0 Å². The molecule has 2 aromatic rings. The summed E-state index contributed by atoms with van der Waals surface area (Å²) < 4.78 is 37.8. The van der Waals surface area contributed by atoms with Crippen molar-refractivity contribution >= 4 is 17.5 Å². The molecule has 150 valence electrons. The summed E-state index contributed by atoms with van der Waals surface area (Å²) >= 11 is 0. The van der Waals surface area contributed by atoms with Gasteiger partial charge in [-0.3, -0.25) is 14.3 Å². The van der Waals surface area contributed by atoms with Crippen LogP contribution in [0.1, 0.15) is 46.4 Å². The molecule has 1 saturated heterocycles. The predicted molar refractivity (Wildman–Crippen MR) is 97.0 cm³/mol. The molecule has 0 saturated carbocycles. The van der Waals surface area contributed by atoms with Gasteiger partial charge in [-0.25, -0.2) is 0 Å². The van der Waals surface area contributed by atoms with Crippen molar-refractivity contribution < 1.29 is 22.8 Å². The molecule has 0 unspecified atom stereocenters. The van der Waals surface area contributed by atoms with Gasteiger partial charge in [-0.2, -0.15) is 18.3 Å². The zero-order chi connectivity index (χ0) is 20.1. The molecular formula is C19H21F3N4O2. The number of alkyl halides is 3. The number of carbonyl (C=O) groups is 2. The Kier molecular flexibility index (Phi) is 6.01. The second-order valence-corrected chi connectivity index (χ2v) is 6.78. The Labute approximate surface area is 160 Å². The first-order valence-corrected chi connectivity index (χ1v) is 9.12. The number of halogens is 3. The smallest absolute Gasteiger partial charge is 0.339 e. The molecule has 1 aliphatic rings. The van der Waals surface area contributed by atoms with E-state index in [2.05, 4.69) is 10.4 Å². The predicted octanol–water partition coefficient (Wildman–Crippen LogP) is 3.71. The maximum atomic E-state index is 12.6. The number of carbonyl (C=O) groups excluding carboxylic acids is 2. The molecule has 2 heterocycles. The zero-order valence-electron chi connectivity index (χ0n) is 15.2. The van der Waals surface area contributed by atoms with Crippen LogP contribution >= 0.6 is 0 Å². The Morgan fingerprint density at radius 2 is 1.64 bits per heavy atom. The molecule has 1 N–H and O–H groups in total. The number of nitrogens with zero attached hydrogens (tertiary/aromatic N) is 3. The van der Waals surface area contributed by atoms with E-state index in [9.17, 15) is 22.8 Å². The number of rotatable bonds is 4. The van der Waals surface area contributed by atoms with Gasteiger partial charge in [0.05, 0.1) is 11.8 Å². The Morgan fingerprint density at radius 3 is 2.25 bits per heavy atom. The minimum absolute atomic E-state index is 0.0222. The van der Waals surface area contributed by atoms with Crippen molar-refractivity contribution in [1.82, 2.24) is 14.7 Å². The molecule has 6 nitrogen and oxygen atoms in total. The first-order chi connectivity index (χ1) is 13.3. The number of nitrogens with one attached hydrogen (secondary N) is 1. The molecule has 2 amide bonds. The molecule has 3 rings (SSSR count). The van der Waals surface area contributed by atoms with Gasteiger partial charge < -0.3 is 10.2 Å². The second-order valence-electron chi connectivity index (χ2n) is 6.78. The molecular weight excluding hydrogens is 373 g/mol. The maximum Gasteiger partial charge on any atom is 0.408 e. The number of hydrogen-bond donors (Lipinski definition) is 1. The Hall–Kier alpha value is -2.84. The SMILES string of the molecule is O=C(Nc1ccc(C(=O)N2CCCCCC2)cc1)c1cnn(CC(F)(F)F)c1. The minimum Gasteiger partial charge on any atom is -0.339 e. The van der Waals surface area contributed by atoms with Gasteiger partial charge in [0, 0.05) is 30.5 Å². The molecule has 0 radical (unpaired) electrons. The van der Waals surface area contributed by atoms with Crippen molar-refractivity contribution in [3.8, 4) is 0 Å². The van der Waals surface area contributed by atoms with Gasteiger partial charge in [0.2, 0.25) is 0 Å². The van der Waals surface area contributed by atoms with Crippen LogP contribution in [0.5, 0.6) is 0 Å². The number of likely N-dealkylation sites (tertiary alicyclic amines) is 1. The van der Waals surface area contributed by atoms with Crippen molar-refractivity contribution in [3.63, 3.8) is 0 Å². The Bertz CT molecular complexity index is 822. The Balaban J connectivity index is 1.60. The normalized spacial score (nSPS) is 15.2. The van der Waals surface area contributed by atoms with Gasteiger partial charge in [-0.1, -0.05) is 12.8 Å². The third kappa shape index (κ3) is 5.34. The number of anilines is 1. The van der Waals surface area contributed by atoms with E-state index < -0.39 is 18.6 Å². The summed E-state index contributed by atoms with van der Waals surface area (Å²) in [5.41, 5.74) is 1.01. The summed E-state index contributed by atoms with van der Waals surface area (Å²) in [7, 11) is 0. The number of benzene rings is 1. The van der Waals surface area contributed by atoms with E-state index >= 15 is 0 Å². The number of aromatic nitrogens is 2. The van der Waals surface area contributed by atoms with Crippen molar-refractivity contribution in [1.29, 1.82) is 0 Å². The summed E-state index contributed by atoms with van der Waals surface area (Å²) in [6.07, 6.45) is 1.99. The number of hydrogen-bond acceptors (Lipinski definition) is 3. The van der Waals surface area contributed by atoms with E-state index in [1.165, 1.54) is 0 Å². The third-order valence-corrected chi connectivity index (χ3v) is 4.52. The minimum atomic E-state index is -4.41. The lowest BCUT2D eigenvalue weighted by molar-refractivity contribution is -0.142. The van der Waals surface area contributed by atoms with E-state index in [-0.39, 0.29) is 11.5 Å². The average Bonchev–Trinajstić information content (AvgIpc) is 2.92. The van der Waals surface area contributed by atoms with Gasteiger partial charge in [-0.15, -0.1) is 0 Å². The van der Waals surface area contributed by atoms with Crippen LogP contribution in [0.15, 0.2) is 36.7 Å². The second kappa shape index (κ2) is 8.45. The lowest BCUT2D eigenvalue weighted by atomic mass is 10.1. The van der Waals surface area contributed by atoms with E-state index in [0.717, 1.165) is 51.2 Å². The molecule has 0 spiro atoms. The summed E-state index contributed by atoms with van der Waals surface area (Å²) in [5.74, 6) is -0.603. The lowest BCUT2D eigenvalue weighted by Gasteiger charge is -2.20. The fraction of sp³-hybridized carbons (Fsp3) is 0.421. The highest BCUT2D eigenvalue weighted by Gasteiger charge is 2.28. The van der Waals surface area contributed by atoms with Crippen molar-refractivity contribution in [2.75, 3.05) is 18.4 Å². The van der Waals surface area contributed by atoms with Crippen molar-refractivity contribution in [2.24, 2.45) is 0 Å². The van der Waals surface area contributed by atoms with Crippen LogP contribution in [0.25, 0.3) is 0 Å². The van der Waals surface area contributed by atoms with Crippen molar-refractivity contribution in [2.45, 2.75) is 38.4 Å². The monoisotopic (exact) mass is 394 g/mol. The highest BCUT2D eigenvalue weighted by molar-refractivity contribution is 6.04. The van der Waals surface area contributed by atoms with E-state index in [4.69, 9.17) is 0 Å². The van der Waals surface area contributed by atoms with Crippen LogP contribution < -0.4 is 5.32 Å². The molecule has 0 aliphatic carbocycles. The zero-order valence-corrected chi connectivity index (χ0v) is 15.2. The molecule has 1 aromatic carbocycles. The van der Waals surface area contributed by atoms with Crippen molar-refractivity contribution in [3.05, 3.63) is 47.8 Å². The molecule has 1 fully saturated rings. The van der Waals surface area contributed by atoms with Crippen LogP contribution in [0.4, 0.5) is 18.9 Å². The Morgan fingerprint density at radius 1 is 1.00 bits per heavy atom. The van der Waals surface area contributed by atoms with Crippen LogP contribution in [0.3, 0.4) is 0 Å². The van der Waals surface area contributed by atoms with Crippen LogP contribution in [-0.4, -0.2) is 45.8 Å². The molecule has 1 aliphatic heterocycles. The molecule has 0 atom stereocenters. The summed E-state index contributed by atoms with van der Waals surface area (Å²) in [6, 6.07) is 6.47. The highest BCUT2D eigenvalue weighted by Crippen LogP contribution is 2.18. The first kappa shape index (κ1) is 19.9. The quantitative estimate of drug-likeness (QED) is 0.860.